The molecule has 102 valence electrons. The molecule has 0 heterocycles. The SMILES string of the molecule is CC(C)(C)OC(=O)NC(CC1CCC1)C(O)C#N. The Balaban J connectivity index is 2.49. The van der Waals surface area contributed by atoms with Crippen molar-refractivity contribution in [3.8, 4) is 6.07 Å². The minimum absolute atomic E-state index is 0.493. The van der Waals surface area contributed by atoms with Gasteiger partial charge in [0, 0.05) is 0 Å². The molecule has 0 bridgehead atoms. The highest BCUT2D eigenvalue weighted by Crippen LogP contribution is 2.31. The summed E-state index contributed by atoms with van der Waals surface area (Å²) < 4.78 is 5.13. The number of aliphatic hydroxyl groups excluding tert-OH is 1. The summed E-state index contributed by atoms with van der Waals surface area (Å²) in [5.41, 5.74) is -0.581. The third-order valence-electron chi connectivity index (χ3n) is 3.03. The number of nitrogens with zero attached hydrogens (tertiary/aromatic N) is 1. The molecule has 1 aliphatic rings. The summed E-state index contributed by atoms with van der Waals surface area (Å²) in [5.74, 6) is 0.493. The molecule has 1 rings (SSSR count). The van der Waals surface area contributed by atoms with Crippen LogP contribution in [0.15, 0.2) is 0 Å². The van der Waals surface area contributed by atoms with Crippen LogP contribution in [0.5, 0.6) is 0 Å². The van der Waals surface area contributed by atoms with Crippen LogP contribution in [0.2, 0.25) is 0 Å². The largest absolute Gasteiger partial charge is 0.444 e. The first-order valence-electron chi connectivity index (χ1n) is 6.39. The number of hydrogen-bond donors (Lipinski definition) is 2. The van der Waals surface area contributed by atoms with Gasteiger partial charge < -0.3 is 15.2 Å². The quantitative estimate of drug-likeness (QED) is 0.751. The number of nitriles is 1. The minimum atomic E-state index is -1.18. The van der Waals surface area contributed by atoms with Crippen molar-refractivity contribution in [1.82, 2.24) is 5.32 Å². The molecule has 1 aliphatic carbocycles. The Morgan fingerprint density at radius 3 is 2.56 bits per heavy atom. The topological polar surface area (TPSA) is 82.3 Å². The van der Waals surface area contributed by atoms with E-state index in [9.17, 15) is 9.90 Å². The van der Waals surface area contributed by atoms with E-state index in [2.05, 4.69) is 5.32 Å². The summed E-state index contributed by atoms with van der Waals surface area (Å²) in [6.07, 6.45) is 2.26. The van der Waals surface area contributed by atoms with Crippen molar-refractivity contribution in [2.75, 3.05) is 0 Å². The molecule has 0 saturated heterocycles. The van der Waals surface area contributed by atoms with Gasteiger partial charge in [0.2, 0.25) is 0 Å². The van der Waals surface area contributed by atoms with Gasteiger partial charge in [-0.1, -0.05) is 19.3 Å². The van der Waals surface area contributed by atoms with Gasteiger partial charge in [-0.05, 0) is 33.1 Å². The summed E-state index contributed by atoms with van der Waals surface area (Å²) in [6, 6.07) is 1.23. The fourth-order valence-electron chi connectivity index (χ4n) is 1.90. The molecule has 2 atom stereocenters. The first-order valence-corrected chi connectivity index (χ1v) is 6.39. The second-order valence-electron chi connectivity index (χ2n) is 5.86. The molecule has 2 N–H and O–H groups in total. The second-order valence-corrected chi connectivity index (χ2v) is 5.86. The summed E-state index contributed by atoms with van der Waals surface area (Å²) in [6.45, 7) is 5.32. The van der Waals surface area contributed by atoms with Crippen LogP contribution < -0.4 is 5.32 Å². The molecular weight excluding hydrogens is 232 g/mol. The average molecular weight is 254 g/mol. The first-order chi connectivity index (χ1) is 8.31. The minimum Gasteiger partial charge on any atom is -0.444 e. The Morgan fingerprint density at radius 2 is 2.17 bits per heavy atom. The molecular formula is C13H22N2O3. The monoisotopic (exact) mass is 254 g/mol. The van der Waals surface area contributed by atoms with Crippen LogP contribution in [0.25, 0.3) is 0 Å². The smallest absolute Gasteiger partial charge is 0.407 e. The molecule has 1 fully saturated rings. The molecule has 0 spiro atoms. The third-order valence-corrected chi connectivity index (χ3v) is 3.03. The van der Waals surface area contributed by atoms with Gasteiger partial charge in [-0.25, -0.2) is 4.79 Å². The van der Waals surface area contributed by atoms with Crippen LogP contribution in [-0.4, -0.2) is 28.9 Å². The molecule has 0 aliphatic heterocycles. The summed E-state index contributed by atoms with van der Waals surface area (Å²) >= 11 is 0. The molecule has 1 amide bonds. The van der Waals surface area contributed by atoms with Gasteiger partial charge in [-0.3, -0.25) is 0 Å². The zero-order valence-electron chi connectivity index (χ0n) is 11.3. The molecule has 0 aromatic rings. The van der Waals surface area contributed by atoms with Crippen molar-refractivity contribution in [3.05, 3.63) is 0 Å². The third kappa shape index (κ3) is 4.92. The average Bonchev–Trinajstić information content (AvgIpc) is 2.17. The van der Waals surface area contributed by atoms with E-state index in [1.165, 1.54) is 6.42 Å². The van der Waals surface area contributed by atoms with Gasteiger partial charge in [-0.15, -0.1) is 0 Å². The molecule has 5 nitrogen and oxygen atoms in total. The van der Waals surface area contributed by atoms with E-state index < -0.39 is 23.8 Å². The Kier molecular flexibility index (Phi) is 4.97. The highest BCUT2D eigenvalue weighted by Gasteiger charge is 2.29. The first kappa shape index (κ1) is 14.8. The molecule has 5 heteroatoms. The molecule has 18 heavy (non-hydrogen) atoms. The predicted molar refractivity (Wildman–Crippen MR) is 66.7 cm³/mol. The fourth-order valence-corrected chi connectivity index (χ4v) is 1.90. The van der Waals surface area contributed by atoms with Crippen LogP contribution >= 0.6 is 0 Å². The number of ether oxygens (including phenoxy) is 1. The number of hydrogen-bond acceptors (Lipinski definition) is 4. The normalized spacial score (nSPS) is 19.3. The Bertz CT molecular complexity index is 326. The lowest BCUT2D eigenvalue weighted by Gasteiger charge is -2.31. The lowest BCUT2D eigenvalue weighted by atomic mass is 9.80. The molecule has 0 radical (unpaired) electrons. The molecule has 2 unspecified atom stereocenters. The van der Waals surface area contributed by atoms with Crippen molar-refractivity contribution in [2.24, 2.45) is 5.92 Å². The highest BCUT2D eigenvalue weighted by molar-refractivity contribution is 5.68. The van der Waals surface area contributed by atoms with Gasteiger partial charge in [0.05, 0.1) is 12.1 Å². The van der Waals surface area contributed by atoms with E-state index in [0.29, 0.717) is 12.3 Å². The number of rotatable bonds is 4. The fraction of sp³-hybridized carbons (Fsp3) is 0.846. The Morgan fingerprint density at radius 1 is 1.56 bits per heavy atom. The maximum atomic E-state index is 11.6. The van der Waals surface area contributed by atoms with Crippen LogP contribution in [0.4, 0.5) is 4.79 Å². The van der Waals surface area contributed by atoms with Crippen molar-refractivity contribution in [2.45, 2.75) is 64.2 Å². The summed E-state index contributed by atoms with van der Waals surface area (Å²) in [4.78, 5) is 11.6. The van der Waals surface area contributed by atoms with E-state index >= 15 is 0 Å². The zero-order valence-corrected chi connectivity index (χ0v) is 11.3. The Hall–Kier alpha value is -1.28. The van der Waals surface area contributed by atoms with E-state index in [4.69, 9.17) is 10.00 Å². The number of alkyl carbamates (subject to hydrolysis) is 1. The number of carbonyl (C=O) groups excluding carboxylic acids is 1. The van der Waals surface area contributed by atoms with Crippen LogP contribution in [0, 0.1) is 17.2 Å². The zero-order chi connectivity index (χ0) is 13.8. The number of amides is 1. The van der Waals surface area contributed by atoms with Gasteiger partial charge in [0.1, 0.15) is 5.60 Å². The van der Waals surface area contributed by atoms with Crippen LogP contribution in [0.3, 0.4) is 0 Å². The highest BCUT2D eigenvalue weighted by atomic mass is 16.6. The predicted octanol–water partition coefficient (Wildman–Crippen LogP) is 1.95. The molecule has 0 aromatic heterocycles. The standard InChI is InChI=1S/C13H22N2O3/c1-13(2,3)18-12(17)15-10(11(16)8-14)7-9-5-4-6-9/h9-11,16H,4-7H2,1-3H3,(H,15,17). The number of carbonyl (C=O) groups is 1. The number of aliphatic hydroxyl groups is 1. The van der Waals surface area contributed by atoms with E-state index in [-0.39, 0.29) is 0 Å². The van der Waals surface area contributed by atoms with Crippen LogP contribution in [-0.2, 0) is 4.74 Å². The summed E-state index contributed by atoms with van der Waals surface area (Å²) in [7, 11) is 0. The number of nitrogens with one attached hydrogen (secondary N) is 1. The van der Waals surface area contributed by atoms with Gasteiger partial charge in [0.15, 0.2) is 6.10 Å². The van der Waals surface area contributed by atoms with Crippen molar-refractivity contribution in [3.63, 3.8) is 0 Å². The summed E-state index contributed by atoms with van der Waals surface area (Å²) in [5, 5.41) is 21.0. The van der Waals surface area contributed by atoms with E-state index in [0.717, 1.165) is 12.8 Å². The lowest BCUT2D eigenvalue weighted by Crippen LogP contribution is -2.46. The maximum absolute atomic E-state index is 11.6. The molecule has 0 aromatic carbocycles. The molecule has 1 saturated carbocycles. The van der Waals surface area contributed by atoms with Crippen LogP contribution in [0.1, 0.15) is 46.5 Å². The van der Waals surface area contributed by atoms with E-state index in [1.54, 1.807) is 26.8 Å². The maximum Gasteiger partial charge on any atom is 0.407 e. The van der Waals surface area contributed by atoms with Gasteiger partial charge in [-0.2, -0.15) is 5.26 Å². The second kappa shape index (κ2) is 6.05. The van der Waals surface area contributed by atoms with Crippen molar-refractivity contribution >= 4 is 6.09 Å². The van der Waals surface area contributed by atoms with Crippen molar-refractivity contribution < 1.29 is 14.6 Å². The van der Waals surface area contributed by atoms with Crippen molar-refractivity contribution in [1.29, 1.82) is 5.26 Å². The van der Waals surface area contributed by atoms with Gasteiger partial charge in [0.25, 0.3) is 0 Å². The lowest BCUT2D eigenvalue weighted by molar-refractivity contribution is 0.0432. The van der Waals surface area contributed by atoms with E-state index in [1.807, 2.05) is 0 Å². The van der Waals surface area contributed by atoms with Gasteiger partial charge >= 0.3 is 6.09 Å². The Labute approximate surface area is 108 Å².